The highest BCUT2D eigenvalue weighted by Crippen LogP contribution is 2.18. The first-order valence-electron chi connectivity index (χ1n) is 5.83. The molecule has 3 heterocycles. The Labute approximate surface area is 99.0 Å². The highest BCUT2D eigenvalue weighted by atomic mass is 16.5. The molecule has 3 rings (SSSR count). The molecule has 2 aromatic heterocycles. The second-order valence-corrected chi connectivity index (χ2v) is 4.48. The van der Waals surface area contributed by atoms with E-state index >= 15 is 0 Å². The minimum atomic E-state index is 0.622. The molecular weight excluding hydrogens is 218 g/mol. The van der Waals surface area contributed by atoms with Crippen LogP contribution in [0.3, 0.4) is 0 Å². The molecule has 0 saturated carbocycles. The maximum Gasteiger partial charge on any atom is 0.227 e. The minimum Gasteiger partial charge on any atom is -0.339 e. The van der Waals surface area contributed by atoms with Crippen molar-refractivity contribution in [1.29, 1.82) is 0 Å². The number of aryl methyl sites for hydroxylation is 1. The van der Waals surface area contributed by atoms with Gasteiger partial charge >= 0.3 is 0 Å². The van der Waals surface area contributed by atoms with Crippen molar-refractivity contribution in [1.82, 2.24) is 25.2 Å². The van der Waals surface area contributed by atoms with Gasteiger partial charge in [-0.3, -0.25) is 4.68 Å². The Kier molecular flexibility index (Phi) is 2.64. The van der Waals surface area contributed by atoms with Crippen LogP contribution in [0.25, 0.3) is 11.4 Å². The third-order valence-corrected chi connectivity index (χ3v) is 3.06. The van der Waals surface area contributed by atoms with E-state index in [9.17, 15) is 0 Å². The van der Waals surface area contributed by atoms with Gasteiger partial charge in [-0.05, 0) is 25.4 Å². The summed E-state index contributed by atoms with van der Waals surface area (Å²) in [6.45, 7) is 2.14. The van der Waals surface area contributed by atoms with E-state index in [1.165, 1.54) is 6.42 Å². The summed E-state index contributed by atoms with van der Waals surface area (Å²) in [6, 6.07) is 0. The summed E-state index contributed by atoms with van der Waals surface area (Å²) < 4.78 is 6.99. The fourth-order valence-electron chi connectivity index (χ4n) is 2.13. The van der Waals surface area contributed by atoms with Gasteiger partial charge in [-0.1, -0.05) is 5.16 Å². The van der Waals surface area contributed by atoms with E-state index in [0.717, 1.165) is 31.0 Å². The second-order valence-electron chi connectivity index (χ2n) is 4.48. The van der Waals surface area contributed by atoms with E-state index in [2.05, 4.69) is 20.6 Å². The van der Waals surface area contributed by atoms with Crippen LogP contribution in [0.4, 0.5) is 0 Å². The van der Waals surface area contributed by atoms with Gasteiger partial charge in [0.1, 0.15) is 0 Å². The van der Waals surface area contributed by atoms with Crippen molar-refractivity contribution in [3.05, 3.63) is 18.3 Å². The molecule has 0 bridgehead atoms. The normalized spacial score (nSPS) is 19.9. The summed E-state index contributed by atoms with van der Waals surface area (Å²) in [6.07, 6.45) is 5.67. The fourth-order valence-corrected chi connectivity index (χ4v) is 2.13. The van der Waals surface area contributed by atoms with Gasteiger partial charge in [-0.25, -0.2) is 0 Å². The third kappa shape index (κ3) is 2.21. The standard InChI is InChI=1S/C11H15N5O/c1-16-7-9(6-13-16)11-14-10(17-15-11)4-8-2-3-12-5-8/h6-8,12H,2-5H2,1H3. The van der Waals surface area contributed by atoms with Crippen LogP contribution >= 0.6 is 0 Å². The quantitative estimate of drug-likeness (QED) is 0.841. The number of aromatic nitrogens is 4. The Balaban J connectivity index is 1.73. The average molecular weight is 233 g/mol. The molecule has 0 aliphatic carbocycles. The molecule has 2 aromatic rings. The Bertz CT molecular complexity index is 497. The molecule has 6 heteroatoms. The lowest BCUT2D eigenvalue weighted by atomic mass is 10.1. The molecule has 1 saturated heterocycles. The summed E-state index contributed by atoms with van der Waals surface area (Å²) in [5.41, 5.74) is 0.895. The van der Waals surface area contributed by atoms with Crippen LogP contribution in [0, 0.1) is 5.92 Å². The molecule has 1 atom stereocenters. The minimum absolute atomic E-state index is 0.622. The lowest BCUT2D eigenvalue weighted by Gasteiger charge is -2.01. The van der Waals surface area contributed by atoms with E-state index in [4.69, 9.17) is 4.52 Å². The summed E-state index contributed by atoms with van der Waals surface area (Å²) in [4.78, 5) is 4.40. The van der Waals surface area contributed by atoms with Gasteiger partial charge in [0.2, 0.25) is 11.7 Å². The van der Waals surface area contributed by atoms with Gasteiger partial charge in [0, 0.05) is 19.7 Å². The Morgan fingerprint density at radius 3 is 3.24 bits per heavy atom. The molecule has 17 heavy (non-hydrogen) atoms. The van der Waals surface area contributed by atoms with E-state index in [-0.39, 0.29) is 0 Å². The summed E-state index contributed by atoms with van der Waals surface area (Å²) >= 11 is 0. The fraction of sp³-hybridized carbons (Fsp3) is 0.545. The van der Waals surface area contributed by atoms with E-state index in [0.29, 0.717) is 11.7 Å². The van der Waals surface area contributed by atoms with Gasteiger partial charge in [-0.15, -0.1) is 0 Å². The summed E-state index contributed by atoms with van der Waals surface area (Å²) in [5.74, 6) is 1.97. The van der Waals surface area contributed by atoms with E-state index in [1.54, 1.807) is 10.9 Å². The van der Waals surface area contributed by atoms with Gasteiger partial charge in [-0.2, -0.15) is 10.1 Å². The topological polar surface area (TPSA) is 68.8 Å². The maximum atomic E-state index is 5.26. The van der Waals surface area contributed by atoms with Crippen molar-refractivity contribution in [2.75, 3.05) is 13.1 Å². The predicted molar refractivity (Wildman–Crippen MR) is 61.2 cm³/mol. The van der Waals surface area contributed by atoms with Crippen LogP contribution in [-0.2, 0) is 13.5 Å². The molecule has 6 nitrogen and oxygen atoms in total. The highest BCUT2D eigenvalue weighted by Gasteiger charge is 2.19. The molecule has 1 aliphatic heterocycles. The SMILES string of the molecule is Cn1cc(-c2noc(CC3CCNC3)n2)cn1. The average Bonchev–Trinajstić information content (AvgIpc) is 2.99. The third-order valence-electron chi connectivity index (χ3n) is 3.06. The molecule has 1 fully saturated rings. The zero-order chi connectivity index (χ0) is 11.7. The molecule has 90 valence electrons. The van der Waals surface area contributed by atoms with Crippen LogP contribution < -0.4 is 5.32 Å². The number of nitrogens with zero attached hydrogens (tertiary/aromatic N) is 4. The molecule has 1 unspecified atom stereocenters. The van der Waals surface area contributed by atoms with Crippen molar-refractivity contribution in [3.8, 4) is 11.4 Å². The molecule has 1 aliphatic rings. The van der Waals surface area contributed by atoms with Crippen molar-refractivity contribution in [3.63, 3.8) is 0 Å². The van der Waals surface area contributed by atoms with Crippen molar-refractivity contribution in [2.24, 2.45) is 13.0 Å². The van der Waals surface area contributed by atoms with Crippen LogP contribution in [0.15, 0.2) is 16.9 Å². The number of hydrogen-bond acceptors (Lipinski definition) is 5. The van der Waals surface area contributed by atoms with Crippen LogP contribution in [0.2, 0.25) is 0 Å². The summed E-state index contributed by atoms with van der Waals surface area (Å²) in [5, 5.41) is 11.4. The van der Waals surface area contributed by atoms with Crippen molar-refractivity contribution in [2.45, 2.75) is 12.8 Å². The Hall–Kier alpha value is -1.69. The van der Waals surface area contributed by atoms with Gasteiger partial charge in [0.25, 0.3) is 0 Å². The van der Waals surface area contributed by atoms with Gasteiger partial charge in [0.05, 0.1) is 11.8 Å². The zero-order valence-electron chi connectivity index (χ0n) is 9.76. The summed E-state index contributed by atoms with van der Waals surface area (Å²) in [7, 11) is 1.87. The number of hydrogen-bond donors (Lipinski definition) is 1. The monoisotopic (exact) mass is 233 g/mol. The maximum absolute atomic E-state index is 5.26. The lowest BCUT2D eigenvalue weighted by Crippen LogP contribution is -2.10. The van der Waals surface area contributed by atoms with E-state index in [1.807, 2.05) is 13.2 Å². The largest absolute Gasteiger partial charge is 0.339 e. The molecule has 1 N–H and O–H groups in total. The first kappa shape index (κ1) is 10.5. The van der Waals surface area contributed by atoms with Crippen LogP contribution in [0.5, 0.6) is 0 Å². The molecule has 0 radical (unpaired) electrons. The number of nitrogens with one attached hydrogen (secondary N) is 1. The highest BCUT2D eigenvalue weighted by molar-refractivity contribution is 5.50. The Morgan fingerprint density at radius 1 is 1.59 bits per heavy atom. The van der Waals surface area contributed by atoms with Crippen LogP contribution in [-0.4, -0.2) is 33.0 Å². The lowest BCUT2D eigenvalue weighted by molar-refractivity contribution is 0.358. The molecule has 0 aromatic carbocycles. The van der Waals surface area contributed by atoms with Crippen molar-refractivity contribution >= 4 is 0 Å². The first-order chi connectivity index (χ1) is 8.31. The smallest absolute Gasteiger partial charge is 0.227 e. The first-order valence-corrected chi connectivity index (χ1v) is 5.83. The molecule has 0 spiro atoms. The second kappa shape index (κ2) is 4.29. The van der Waals surface area contributed by atoms with E-state index < -0.39 is 0 Å². The predicted octanol–water partition coefficient (Wildman–Crippen LogP) is 0.622. The van der Waals surface area contributed by atoms with Crippen molar-refractivity contribution < 1.29 is 4.52 Å². The molecular formula is C11H15N5O. The van der Waals surface area contributed by atoms with Crippen LogP contribution in [0.1, 0.15) is 12.3 Å². The van der Waals surface area contributed by atoms with Gasteiger partial charge in [0.15, 0.2) is 0 Å². The number of rotatable bonds is 3. The zero-order valence-corrected chi connectivity index (χ0v) is 9.76. The van der Waals surface area contributed by atoms with Gasteiger partial charge < -0.3 is 9.84 Å². The Morgan fingerprint density at radius 2 is 2.53 bits per heavy atom. The molecule has 0 amide bonds.